The Morgan fingerprint density at radius 3 is 2.29 bits per heavy atom. The summed E-state index contributed by atoms with van der Waals surface area (Å²) in [6, 6.07) is 0. The van der Waals surface area contributed by atoms with Gasteiger partial charge in [-0.2, -0.15) is 15.0 Å². The van der Waals surface area contributed by atoms with Gasteiger partial charge in [0, 0.05) is 6.54 Å². The molecule has 1 rings (SSSR count). The minimum Gasteiger partial charge on any atom is -0.354 e. The molecule has 0 bridgehead atoms. The SMILES string of the molecule is CCCCCNc1nc(Cl)nc(Cl)n1. The molecule has 0 aliphatic rings. The zero-order chi connectivity index (χ0) is 10.4. The van der Waals surface area contributed by atoms with Gasteiger partial charge in [-0.05, 0) is 29.6 Å². The van der Waals surface area contributed by atoms with E-state index in [0.717, 1.165) is 13.0 Å². The van der Waals surface area contributed by atoms with Crippen LogP contribution in [0.5, 0.6) is 0 Å². The third-order valence-electron chi connectivity index (χ3n) is 1.64. The smallest absolute Gasteiger partial charge is 0.228 e. The van der Waals surface area contributed by atoms with Crippen LogP contribution in [0.3, 0.4) is 0 Å². The third kappa shape index (κ3) is 4.07. The van der Waals surface area contributed by atoms with E-state index in [9.17, 15) is 0 Å². The number of aromatic nitrogens is 3. The highest BCUT2D eigenvalue weighted by Crippen LogP contribution is 2.09. The van der Waals surface area contributed by atoms with Crippen LogP contribution in [0, 0.1) is 0 Å². The van der Waals surface area contributed by atoms with Crippen LogP contribution in [0.4, 0.5) is 5.95 Å². The summed E-state index contributed by atoms with van der Waals surface area (Å²) in [5.74, 6) is 0.436. The van der Waals surface area contributed by atoms with Crippen molar-refractivity contribution in [3.05, 3.63) is 10.6 Å². The molecule has 1 N–H and O–H groups in total. The van der Waals surface area contributed by atoms with Gasteiger partial charge in [-0.15, -0.1) is 0 Å². The van der Waals surface area contributed by atoms with Gasteiger partial charge in [-0.1, -0.05) is 19.8 Å². The summed E-state index contributed by atoms with van der Waals surface area (Å²) in [5.41, 5.74) is 0. The zero-order valence-electron chi connectivity index (χ0n) is 7.93. The number of anilines is 1. The Bertz CT molecular complexity index is 272. The van der Waals surface area contributed by atoms with Crippen LogP contribution in [0.15, 0.2) is 0 Å². The topological polar surface area (TPSA) is 50.7 Å². The monoisotopic (exact) mass is 234 g/mol. The van der Waals surface area contributed by atoms with Crippen molar-refractivity contribution in [3.63, 3.8) is 0 Å². The number of nitrogens with zero attached hydrogens (tertiary/aromatic N) is 3. The Labute approximate surface area is 93.1 Å². The molecule has 0 unspecified atom stereocenters. The molecule has 1 aromatic rings. The second-order valence-electron chi connectivity index (χ2n) is 2.83. The van der Waals surface area contributed by atoms with Crippen LogP contribution in [0.1, 0.15) is 26.2 Å². The summed E-state index contributed by atoms with van der Waals surface area (Å²) in [6.07, 6.45) is 3.44. The molecule has 1 heterocycles. The maximum absolute atomic E-state index is 5.60. The molecule has 4 nitrogen and oxygen atoms in total. The highest BCUT2D eigenvalue weighted by molar-refractivity contribution is 6.31. The average Bonchev–Trinajstić information content (AvgIpc) is 2.11. The molecule has 14 heavy (non-hydrogen) atoms. The maximum atomic E-state index is 5.60. The first-order chi connectivity index (χ1) is 6.72. The molecule has 78 valence electrons. The Balaban J connectivity index is 2.42. The number of hydrogen-bond donors (Lipinski definition) is 1. The van der Waals surface area contributed by atoms with Gasteiger partial charge < -0.3 is 5.32 Å². The standard InChI is InChI=1S/C8H12Cl2N4/c1-2-3-4-5-11-8-13-6(9)12-7(10)14-8/h2-5H2,1H3,(H,11,12,13,14). The fourth-order valence-corrected chi connectivity index (χ4v) is 1.34. The largest absolute Gasteiger partial charge is 0.354 e. The fraction of sp³-hybridized carbons (Fsp3) is 0.625. The van der Waals surface area contributed by atoms with Gasteiger partial charge in [-0.3, -0.25) is 0 Å². The number of nitrogens with one attached hydrogen (secondary N) is 1. The first-order valence-electron chi connectivity index (χ1n) is 4.53. The molecular formula is C8H12Cl2N4. The summed E-state index contributed by atoms with van der Waals surface area (Å²) in [6.45, 7) is 2.97. The summed E-state index contributed by atoms with van der Waals surface area (Å²) < 4.78 is 0. The molecule has 0 saturated heterocycles. The quantitative estimate of drug-likeness (QED) is 0.797. The lowest BCUT2D eigenvalue weighted by molar-refractivity contribution is 0.740. The van der Waals surface area contributed by atoms with Crippen LogP contribution in [0.2, 0.25) is 10.6 Å². The van der Waals surface area contributed by atoms with E-state index in [2.05, 4.69) is 27.2 Å². The lowest BCUT2D eigenvalue weighted by Gasteiger charge is -2.03. The van der Waals surface area contributed by atoms with E-state index in [-0.39, 0.29) is 10.6 Å². The molecular weight excluding hydrogens is 223 g/mol. The Morgan fingerprint density at radius 1 is 1.07 bits per heavy atom. The molecule has 0 amide bonds. The predicted molar refractivity (Wildman–Crippen MR) is 57.9 cm³/mol. The molecule has 0 aliphatic heterocycles. The van der Waals surface area contributed by atoms with Crippen molar-refractivity contribution in [3.8, 4) is 0 Å². The van der Waals surface area contributed by atoms with E-state index in [1.165, 1.54) is 12.8 Å². The molecule has 0 radical (unpaired) electrons. The minimum absolute atomic E-state index is 0.114. The number of rotatable bonds is 5. The second kappa shape index (κ2) is 5.98. The van der Waals surface area contributed by atoms with Gasteiger partial charge in [-0.25, -0.2) is 0 Å². The third-order valence-corrected chi connectivity index (χ3v) is 1.98. The fourth-order valence-electron chi connectivity index (χ4n) is 0.980. The van der Waals surface area contributed by atoms with E-state index in [1.807, 2.05) is 0 Å². The van der Waals surface area contributed by atoms with Crippen LogP contribution in [0.25, 0.3) is 0 Å². The van der Waals surface area contributed by atoms with Gasteiger partial charge in [0.1, 0.15) is 0 Å². The van der Waals surface area contributed by atoms with Crippen molar-refractivity contribution in [2.75, 3.05) is 11.9 Å². The summed E-state index contributed by atoms with van der Waals surface area (Å²) >= 11 is 11.2. The number of halogens is 2. The van der Waals surface area contributed by atoms with Gasteiger partial charge in [0.15, 0.2) is 0 Å². The van der Waals surface area contributed by atoms with Crippen molar-refractivity contribution in [2.24, 2.45) is 0 Å². The van der Waals surface area contributed by atoms with Gasteiger partial charge >= 0.3 is 0 Å². The molecule has 6 heteroatoms. The normalized spacial score (nSPS) is 10.2. The first-order valence-corrected chi connectivity index (χ1v) is 5.29. The minimum atomic E-state index is 0.114. The Hall–Kier alpha value is -0.610. The molecule has 1 aromatic heterocycles. The van der Waals surface area contributed by atoms with Gasteiger partial charge in [0.25, 0.3) is 0 Å². The van der Waals surface area contributed by atoms with Crippen LogP contribution in [-0.4, -0.2) is 21.5 Å². The predicted octanol–water partition coefficient (Wildman–Crippen LogP) is 2.78. The van der Waals surface area contributed by atoms with E-state index in [0.29, 0.717) is 5.95 Å². The summed E-state index contributed by atoms with van der Waals surface area (Å²) in [4.78, 5) is 11.4. The van der Waals surface area contributed by atoms with Crippen molar-refractivity contribution in [1.82, 2.24) is 15.0 Å². The van der Waals surface area contributed by atoms with E-state index in [1.54, 1.807) is 0 Å². The maximum Gasteiger partial charge on any atom is 0.228 e. The Kier molecular flexibility index (Phi) is 4.90. The van der Waals surface area contributed by atoms with Crippen molar-refractivity contribution in [2.45, 2.75) is 26.2 Å². The molecule has 0 saturated carbocycles. The summed E-state index contributed by atoms with van der Waals surface area (Å²) in [5, 5.41) is 3.26. The number of hydrogen-bond acceptors (Lipinski definition) is 4. The van der Waals surface area contributed by atoms with Crippen LogP contribution in [-0.2, 0) is 0 Å². The van der Waals surface area contributed by atoms with Crippen molar-refractivity contribution < 1.29 is 0 Å². The van der Waals surface area contributed by atoms with Crippen LogP contribution < -0.4 is 5.32 Å². The highest BCUT2D eigenvalue weighted by atomic mass is 35.5. The van der Waals surface area contributed by atoms with Crippen molar-refractivity contribution in [1.29, 1.82) is 0 Å². The molecule has 0 spiro atoms. The van der Waals surface area contributed by atoms with E-state index >= 15 is 0 Å². The molecule has 0 fully saturated rings. The van der Waals surface area contributed by atoms with E-state index in [4.69, 9.17) is 23.2 Å². The lowest BCUT2D eigenvalue weighted by Crippen LogP contribution is -2.06. The first kappa shape index (κ1) is 11.5. The molecule has 0 aliphatic carbocycles. The molecule has 0 aromatic carbocycles. The van der Waals surface area contributed by atoms with E-state index < -0.39 is 0 Å². The average molecular weight is 235 g/mol. The van der Waals surface area contributed by atoms with Crippen LogP contribution >= 0.6 is 23.2 Å². The second-order valence-corrected chi connectivity index (χ2v) is 3.51. The number of unbranched alkanes of at least 4 members (excludes halogenated alkanes) is 2. The van der Waals surface area contributed by atoms with Gasteiger partial charge in [0.05, 0.1) is 0 Å². The van der Waals surface area contributed by atoms with Gasteiger partial charge in [0.2, 0.25) is 16.5 Å². The van der Waals surface area contributed by atoms with Crippen molar-refractivity contribution >= 4 is 29.2 Å². The molecule has 0 atom stereocenters. The lowest BCUT2D eigenvalue weighted by atomic mass is 10.2. The highest BCUT2D eigenvalue weighted by Gasteiger charge is 2.01. The Morgan fingerprint density at radius 2 is 1.71 bits per heavy atom. The summed E-state index contributed by atoms with van der Waals surface area (Å²) in [7, 11) is 0. The zero-order valence-corrected chi connectivity index (χ0v) is 9.44.